The number of hydrogen-bond acceptors (Lipinski definition) is 2. The van der Waals surface area contributed by atoms with E-state index in [0.717, 1.165) is 35.8 Å². The van der Waals surface area contributed by atoms with E-state index in [1.807, 2.05) is 0 Å². The third kappa shape index (κ3) is 25.6. The zero-order valence-electron chi connectivity index (χ0n) is 20.2. The van der Waals surface area contributed by atoms with Gasteiger partial charge in [-0.3, -0.25) is 0 Å². The van der Waals surface area contributed by atoms with Gasteiger partial charge in [0.25, 0.3) is 0 Å². The molecule has 0 atom stereocenters. The van der Waals surface area contributed by atoms with E-state index >= 15 is 0 Å². The number of rotatable bonds is 12. The molecule has 0 aliphatic rings. The third-order valence-corrected chi connectivity index (χ3v) is 10.7. The van der Waals surface area contributed by atoms with Crippen LogP contribution in [-0.4, -0.2) is 62.4 Å². The van der Waals surface area contributed by atoms with E-state index in [9.17, 15) is 0 Å². The van der Waals surface area contributed by atoms with Crippen molar-refractivity contribution >= 4 is 34.9 Å². The summed E-state index contributed by atoms with van der Waals surface area (Å²) >= 11 is -0.106. The molecule has 0 amide bonds. The first-order valence-electron chi connectivity index (χ1n) is 10.2. The van der Waals surface area contributed by atoms with Gasteiger partial charge in [-0.05, 0) is 35.0 Å². The molecule has 29 heavy (non-hydrogen) atoms. The van der Waals surface area contributed by atoms with Gasteiger partial charge in [-0.2, -0.15) is 0 Å². The summed E-state index contributed by atoms with van der Waals surface area (Å²) in [6.45, 7) is 20.1. The molecule has 0 saturated heterocycles. The number of halogens is 2. The molecule has 0 aromatic carbocycles. The number of hydrogen-bond donors (Lipinski definition) is 0. The van der Waals surface area contributed by atoms with Crippen LogP contribution in [0.15, 0.2) is 24.3 Å². The Hall–Kier alpha value is 1.50. The molecule has 0 bridgehead atoms. The number of allylic oxidation sites excluding steroid dienone is 2. The Morgan fingerprint density at radius 3 is 1.03 bits per heavy atom. The van der Waals surface area contributed by atoms with Crippen molar-refractivity contribution in [3.63, 3.8) is 0 Å². The predicted octanol–water partition coefficient (Wildman–Crippen LogP) is 8.35. The van der Waals surface area contributed by atoms with Crippen LogP contribution >= 0.6 is 34.9 Å². The van der Waals surface area contributed by atoms with Crippen molar-refractivity contribution < 1.29 is 25.4 Å². The van der Waals surface area contributed by atoms with Gasteiger partial charge in [-0.1, -0.05) is 95.5 Å². The molecule has 0 heterocycles. The molecule has 0 unspecified atom stereocenters. The van der Waals surface area contributed by atoms with E-state index in [0.29, 0.717) is 0 Å². The van der Waals surface area contributed by atoms with E-state index in [1.165, 1.54) is 12.3 Å². The Morgan fingerprint density at radius 1 is 0.621 bits per heavy atom. The minimum atomic E-state index is -0.106. The summed E-state index contributed by atoms with van der Waals surface area (Å²) in [7, 11) is 13.4. The fourth-order valence-corrected chi connectivity index (χ4v) is 7.61. The normalized spacial score (nSPS) is 12.1. The second-order valence-electron chi connectivity index (χ2n) is 7.67. The summed E-state index contributed by atoms with van der Waals surface area (Å²) in [5.74, 6) is 0. The molecular weight excluding hydrogens is 536 g/mol. The Bertz CT molecular complexity index is 330. The van der Waals surface area contributed by atoms with Crippen molar-refractivity contribution in [2.45, 2.75) is 78.0 Å². The Morgan fingerprint density at radius 2 is 0.862 bits per heavy atom. The minimum absolute atomic E-state index is 0.106. The summed E-state index contributed by atoms with van der Waals surface area (Å²) in [5, 5.41) is 0. The van der Waals surface area contributed by atoms with Gasteiger partial charge < -0.3 is 9.47 Å². The molecule has 0 spiro atoms. The van der Waals surface area contributed by atoms with Gasteiger partial charge in [0, 0.05) is 14.2 Å². The van der Waals surface area contributed by atoms with Gasteiger partial charge >= 0.3 is 35.0 Å². The molecule has 0 fully saturated rings. The van der Waals surface area contributed by atoms with Crippen LogP contribution in [0, 0.1) is 0 Å². The summed E-state index contributed by atoms with van der Waals surface area (Å²) < 4.78 is 9.93. The van der Waals surface area contributed by atoms with E-state index < -0.39 is 0 Å². The molecule has 0 aliphatic carbocycles. The monoisotopic (exact) mass is 580 g/mol. The van der Waals surface area contributed by atoms with Gasteiger partial charge in [0.1, 0.15) is 0 Å². The predicted molar refractivity (Wildman–Crippen MR) is 138 cm³/mol. The van der Waals surface area contributed by atoms with E-state index in [4.69, 9.17) is 28.5 Å². The Labute approximate surface area is 201 Å². The zero-order chi connectivity index (χ0) is 23.2. The standard InChI is InChI=1S/2C11H23OP.2ClH.Pd/c2*1-10(2)13(11(3)4)9-7-6-8-12-5;;;/h2*6-7,10-11H,8-9H2,1-5H3;2*1H;/q;;;;+2/p-2. The van der Waals surface area contributed by atoms with Crippen LogP contribution < -0.4 is 0 Å². The van der Waals surface area contributed by atoms with Crippen LogP contribution in [0.3, 0.4) is 0 Å². The van der Waals surface area contributed by atoms with Crippen LogP contribution in [0.1, 0.15) is 55.4 Å². The SMILES string of the molecule is COCC=CCP(C(C)C)C(C)C.COCC=CCP(C(C)C)C(C)C.[Cl][Pd][Cl]. The first-order valence-corrected chi connectivity index (χ1v) is 17.6. The zero-order valence-corrected chi connectivity index (χ0v) is 25.1. The average Bonchev–Trinajstić information content (AvgIpc) is 2.61. The third-order valence-electron chi connectivity index (χ3n) is 4.14. The van der Waals surface area contributed by atoms with Crippen molar-refractivity contribution in [2.24, 2.45) is 0 Å². The molecular formula is C22H46Cl2O2P2Pd. The summed E-state index contributed by atoms with van der Waals surface area (Å²) in [6, 6.07) is 0. The van der Waals surface area contributed by atoms with Gasteiger partial charge in [0.05, 0.1) is 13.2 Å². The van der Waals surface area contributed by atoms with Gasteiger partial charge in [0.2, 0.25) is 0 Å². The number of methoxy groups -OCH3 is 2. The van der Waals surface area contributed by atoms with Gasteiger partial charge in [0.15, 0.2) is 0 Å². The van der Waals surface area contributed by atoms with E-state index in [1.54, 1.807) is 14.2 Å². The van der Waals surface area contributed by atoms with Crippen molar-refractivity contribution in [3.8, 4) is 0 Å². The topological polar surface area (TPSA) is 18.5 Å². The van der Waals surface area contributed by atoms with Crippen molar-refractivity contribution in [1.82, 2.24) is 0 Å². The van der Waals surface area contributed by atoms with Crippen LogP contribution in [0.2, 0.25) is 0 Å². The molecule has 7 heteroatoms. The molecule has 0 N–H and O–H groups in total. The van der Waals surface area contributed by atoms with E-state index in [2.05, 4.69) is 79.7 Å². The first kappa shape index (κ1) is 35.1. The van der Waals surface area contributed by atoms with Crippen LogP contribution in [0.5, 0.6) is 0 Å². The summed E-state index contributed by atoms with van der Waals surface area (Å²) in [4.78, 5) is 0. The average molecular weight is 582 g/mol. The summed E-state index contributed by atoms with van der Waals surface area (Å²) in [5.41, 5.74) is 3.34. The maximum absolute atomic E-state index is 4.96. The van der Waals surface area contributed by atoms with Crippen LogP contribution in [0.25, 0.3) is 0 Å². The summed E-state index contributed by atoms with van der Waals surface area (Å²) in [6.07, 6.45) is 11.3. The quantitative estimate of drug-likeness (QED) is 0.131. The molecule has 0 aliphatic heterocycles. The van der Waals surface area contributed by atoms with Crippen molar-refractivity contribution in [3.05, 3.63) is 24.3 Å². The van der Waals surface area contributed by atoms with Gasteiger partial charge in [-0.15, -0.1) is 0 Å². The molecule has 180 valence electrons. The first-order chi connectivity index (χ1) is 13.6. The van der Waals surface area contributed by atoms with E-state index in [-0.39, 0.29) is 31.8 Å². The van der Waals surface area contributed by atoms with Crippen LogP contribution in [-0.2, 0) is 25.4 Å². The second-order valence-corrected chi connectivity index (χ2v) is 16.9. The second kappa shape index (κ2) is 25.8. The molecule has 0 saturated carbocycles. The van der Waals surface area contributed by atoms with Crippen molar-refractivity contribution in [2.75, 3.05) is 39.8 Å². The Kier molecular flexibility index (Phi) is 31.2. The molecule has 2 nitrogen and oxygen atoms in total. The van der Waals surface area contributed by atoms with Crippen LogP contribution in [0.4, 0.5) is 0 Å². The fraction of sp³-hybridized carbons (Fsp3) is 0.818. The maximum atomic E-state index is 4.96. The molecule has 0 rings (SSSR count). The fourth-order valence-electron chi connectivity index (χ4n) is 2.76. The number of ether oxygens (including phenoxy) is 2. The Balaban J connectivity index is -0.000000410. The van der Waals surface area contributed by atoms with Gasteiger partial charge in [-0.25, -0.2) is 0 Å². The molecule has 0 aromatic heterocycles. The van der Waals surface area contributed by atoms with Crippen molar-refractivity contribution in [1.29, 1.82) is 0 Å². The molecule has 0 aromatic rings. The molecule has 0 radical (unpaired) electrons.